The lowest BCUT2D eigenvalue weighted by atomic mass is 10.1. The molecule has 148 valence electrons. The largest absolute Gasteiger partial charge is 0.462 e. The molecule has 0 unspecified atom stereocenters. The van der Waals surface area contributed by atoms with Gasteiger partial charge in [0.15, 0.2) is 0 Å². The molecular weight excluding hydrogens is 411 g/mol. The molecule has 0 saturated heterocycles. The van der Waals surface area contributed by atoms with Crippen LogP contribution in [0.1, 0.15) is 32.7 Å². The number of carbonyl (C=O) groups is 2. The molecule has 0 aliphatic carbocycles. The van der Waals surface area contributed by atoms with E-state index in [1.54, 1.807) is 24.3 Å². The van der Waals surface area contributed by atoms with Gasteiger partial charge in [-0.1, -0.05) is 59.6 Å². The minimum atomic E-state index is -0.639. The van der Waals surface area contributed by atoms with Gasteiger partial charge in [-0.15, -0.1) is 0 Å². The molecule has 0 spiro atoms. The van der Waals surface area contributed by atoms with Crippen molar-refractivity contribution >= 4 is 35.1 Å². The van der Waals surface area contributed by atoms with E-state index in [1.807, 2.05) is 30.3 Å². The average molecular weight is 429 g/mol. The van der Waals surface area contributed by atoms with Crippen molar-refractivity contribution in [3.63, 3.8) is 0 Å². The van der Waals surface area contributed by atoms with E-state index in [1.165, 1.54) is 23.8 Å². The number of aryl methyl sites for hydroxylation is 1. The van der Waals surface area contributed by atoms with E-state index in [9.17, 15) is 9.59 Å². The topological polar surface area (TPSA) is 52.6 Å². The maximum atomic E-state index is 12.3. The number of hydrogen-bond donors (Lipinski definition) is 0. The lowest BCUT2D eigenvalue weighted by Gasteiger charge is -2.08. The van der Waals surface area contributed by atoms with Gasteiger partial charge in [0.05, 0.1) is 22.8 Å². The molecule has 0 amide bonds. The van der Waals surface area contributed by atoms with Gasteiger partial charge < -0.3 is 9.47 Å². The summed E-state index contributed by atoms with van der Waals surface area (Å²) in [5, 5.41) is 0.611. The van der Waals surface area contributed by atoms with Gasteiger partial charge in [0.25, 0.3) is 0 Å². The SMILES string of the molecule is O=C(OCCCc1ccccc1)c1cccc(OC(=O)c2ccc(Cl)cc2Cl)c1. The van der Waals surface area contributed by atoms with Crippen LogP contribution in [0.2, 0.25) is 10.0 Å². The Morgan fingerprint density at radius 1 is 0.828 bits per heavy atom. The molecule has 0 aliphatic heterocycles. The Morgan fingerprint density at radius 2 is 1.62 bits per heavy atom. The molecule has 0 atom stereocenters. The number of esters is 2. The van der Waals surface area contributed by atoms with Crippen LogP contribution in [0.25, 0.3) is 0 Å². The van der Waals surface area contributed by atoms with Crippen LogP contribution in [0.5, 0.6) is 5.75 Å². The Kier molecular flexibility index (Phi) is 7.28. The molecule has 3 aromatic carbocycles. The summed E-state index contributed by atoms with van der Waals surface area (Å²) in [6, 6.07) is 20.7. The predicted molar refractivity (Wildman–Crippen MR) is 113 cm³/mol. The van der Waals surface area contributed by atoms with Crippen LogP contribution < -0.4 is 4.74 Å². The summed E-state index contributed by atoms with van der Waals surface area (Å²) in [5.41, 5.74) is 1.68. The first-order valence-corrected chi connectivity index (χ1v) is 9.77. The van der Waals surface area contributed by atoms with E-state index >= 15 is 0 Å². The van der Waals surface area contributed by atoms with Gasteiger partial charge in [0.1, 0.15) is 5.75 Å². The smallest absolute Gasteiger partial charge is 0.345 e. The molecule has 0 heterocycles. The zero-order valence-electron chi connectivity index (χ0n) is 15.4. The molecule has 29 heavy (non-hydrogen) atoms. The summed E-state index contributed by atoms with van der Waals surface area (Å²) >= 11 is 11.9. The normalized spacial score (nSPS) is 10.4. The van der Waals surface area contributed by atoms with Crippen molar-refractivity contribution in [3.8, 4) is 5.75 Å². The van der Waals surface area contributed by atoms with Gasteiger partial charge in [-0.05, 0) is 54.8 Å². The second kappa shape index (κ2) is 10.1. The van der Waals surface area contributed by atoms with Gasteiger partial charge in [-0.25, -0.2) is 9.59 Å². The van der Waals surface area contributed by atoms with Crippen molar-refractivity contribution in [2.45, 2.75) is 12.8 Å². The van der Waals surface area contributed by atoms with E-state index in [4.69, 9.17) is 32.7 Å². The number of carbonyl (C=O) groups excluding carboxylic acids is 2. The number of rotatable bonds is 7. The molecule has 0 N–H and O–H groups in total. The minimum Gasteiger partial charge on any atom is -0.462 e. The third kappa shape index (κ3) is 6.08. The number of ether oxygens (including phenoxy) is 2. The van der Waals surface area contributed by atoms with Crippen LogP contribution in [0.15, 0.2) is 72.8 Å². The highest BCUT2D eigenvalue weighted by molar-refractivity contribution is 6.36. The number of hydrogen-bond acceptors (Lipinski definition) is 4. The van der Waals surface area contributed by atoms with E-state index in [0.717, 1.165) is 12.8 Å². The Labute approximate surface area is 179 Å². The van der Waals surface area contributed by atoms with Crippen molar-refractivity contribution in [1.82, 2.24) is 0 Å². The maximum absolute atomic E-state index is 12.3. The predicted octanol–water partition coefficient (Wildman–Crippen LogP) is 6.00. The van der Waals surface area contributed by atoms with Crippen LogP contribution in [-0.2, 0) is 11.2 Å². The minimum absolute atomic E-state index is 0.185. The summed E-state index contributed by atoms with van der Waals surface area (Å²) in [6.45, 7) is 0.304. The van der Waals surface area contributed by atoms with Crippen LogP contribution in [0.4, 0.5) is 0 Å². The number of halogens is 2. The van der Waals surface area contributed by atoms with E-state index < -0.39 is 11.9 Å². The van der Waals surface area contributed by atoms with Crippen LogP contribution in [0, 0.1) is 0 Å². The molecule has 3 rings (SSSR count). The van der Waals surface area contributed by atoms with E-state index in [2.05, 4.69) is 0 Å². The lowest BCUT2D eigenvalue weighted by Crippen LogP contribution is -2.11. The molecule has 0 saturated carbocycles. The van der Waals surface area contributed by atoms with Crippen LogP contribution in [0.3, 0.4) is 0 Å². The van der Waals surface area contributed by atoms with Gasteiger partial charge in [0.2, 0.25) is 0 Å². The zero-order valence-corrected chi connectivity index (χ0v) is 17.0. The average Bonchev–Trinajstić information content (AvgIpc) is 2.72. The first-order chi connectivity index (χ1) is 14.0. The van der Waals surface area contributed by atoms with Crippen LogP contribution in [-0.4, -0.2) is 18.5 Å². The van der Waals surface area contributed by atoms with Gasteiger partial charge in [-0.3, -0.25) is 0 Å². The fourth-order valence-electron chi connectivity index (χ4n) is 2.67. The molecule has 0 bridgehead atoms. The van der Waals surface area contributed by atoms with Gasteiger partial charge in [0, 0.05) is 5.02 Å². The third-order valence-corrected chi connectivity index (χ3v) is 4.66. The Morgan fingerprint density at radius 3 is 2.38 bits per heavy atom. The van der Waals surface area contributed by atoms with Crippen molar-refractivity contribution in [2.75, 3.05) is 6.61 Å². The van der Waals surface area contributed by atoms with Gasteiger partial charge in [-0.2, -0.15) is 0 Å². The first kappa shape index (κ1) is 20.9. The zero-order chi connectivity index (χ0) is 20.6. The van der Waals surface area contributed by atoms with Crippen LogP contribution >= 0.6 is 23.2 Å². The third-order valence-electron chi connectivity index (χ3n) is 4.12. The summed E-state index contributed by atoms with van der Waals surface area (Å²) in [4.78, 5) is 24.6. The Balaban J connectivity index is 1.55. The molecule has 3 aromatic rings. The molecule has 0 fully saturated rings. The Hall–Kier alpha value is -2.82. The van der Waals surface area contributed by atoms with Crippen molar-refractivity contribution in [3.05, 3.63) is 99.5 Å². The molecular formula is C23H18Cl2O4. The summed E-state index contributed by atoms with van der Waals surface area (Å²) < 4.78 is 10.6. The molecule has 0 aromatic heterocycles. The quantitative estimate of drug-likeness (QED) is 0.263. The highest BCUT2D eigenvalue weighted by Gasteiger charge is 2.15. The maximum Gasteiger partial charge on any atom is 0.345 e. The summed E-state index contributed by atoms with van der Waals surface area (Å²) in [7, 11) is 0. The second-order valence-electron chi connectivity index (χ2n) is 6.27. The first-order valence-electron chi connectivity index (χ1n) is 9.01. The van der Waals surface area contributed by atoms with Crippen molar-refractivity contribution in [2.24, 2.45) is 0 Å². The van der Waals surface area contributed by atoms with E-state index in [-0.39, 0.29) is 16.3 Å². The van der Waals surface area contributed by atoms with Crippen molar-refractivity contribution in [1.29, 1.82) is 0 Å². The highest BCUT2D eigenvalue weighted by atomic mass is 35.5. The molecule has 4 nitrogen and oxygen atoms in total. The van der Waals surface area contributed by atoms with Crippen molar-refractivity contribution < 1.29 is 19.1 Å². The Bertz CT molecular complexity index is 1000. The van der Waals surface area contributed by atoms with Gasteiger partial charge >= 0.3 is 11.9 Å². The molecule has 6 heteroatoms. The summed E-state index contributed by atoms with van der Waals surface area (Å²) in [5.74, 6) is -0.889. The molecule has 0 radical (unpaired) electrons. The highest BCUT2D eigenvalue weighted by Crippen LogP contribution is 2.23. The van der Waals surface area contributed by atoms with E-state index in [0.29, 0.717) is 17.2 Å². The second-order valence-corrected chi connectivity index (χ2v) is 7.11. The molecule has 0 aliphatic rings. The lowest BCUT2D eigenvalue weighted by molar-refractivity contribution is 0.0498. The fourth-order valence-corrected chi connectivity index (χ4v) is 3.16. The number of benzene rings is 3. The monoisotopic (exact) mass is 428 g/mol. The standard InChI is InChI=1S/C23H18Cl2O4/c24-18-11-12-20(21(25)15-18)23(27)29-19-10-4-9-17(14-19)22(26)28-13-5-8-16-6-2-1-3-7-16/h1-4,6-7,9-12,14-15H,5,8,13H2. The summed E-state index contributed by atoms with van der Waals surface area (Å²) in [6.07, 6.45) is 1.55. The fraction of sp³-hybridized carbons (Fsp3) is 0.130.